The Kier molecular flexibility index (Phi) is 5.27. The molecular weight excluding hydrogens is 350 g/mol. The molecule has 2 aromatic rings. The predicted molar refractivity (Wildman–Crippen MR) is 90.7 cm³/mol. The largest absolute Gasteiger partial charge is 0.379 e. The zero-order valence-corrected chi connectivity index (χ0v) is 14.0. The first-order valence-corrected chi connectivity index (χ1v) is 8.01. The van der Waals surface area contributed by atoms with Crippen LogP contribution in [-0.4, -0.2) is 52.2 Å². The number of anilines is 1. The van der Waals surface area contributed by atoms with Gasteiger partial charge in [0.25, 0.3) is 5.91 Å². The molecule has 10 heteroatoms. The Morgan fingerprint density at radius 1 is 1.44 bits per heavy atom. The molecule has 1 fully saturated rings. The molecular formula is C15H16ClN5O4. The van der Waals surface area contributed by atoms with Crippen LogP contribution in [0.1, 0.15) is 16.1 Å². The van der Waals surface area contributed by atoms with Gasteiger partial charge in [-0.2, -0.15) is 0 Å². The van der Waals surface area contributed by atoms with E-state index in [0.717, 1.165) is 25.2 Å². The Bertz CT molecular complexity index is 788. The molecule has 1 aliphatic rings. The number of halogens is 1. The van der Waals surface area contributed by atoms with Gasteiger partial charge in [-0.1, -0.05) is 28.8 Å². The Morgan fingerprint density at radius 3 is 2.88 bits per heavy atom. The first kappa shape index (κ1) is 17.3. The Hall–Kier alpha value is -2.49. The summed E-state index contributed by atoms with van der Waals surface area (Å²) in [5.41, 5.74) is 1.39. The van der Waals surface area contributed by atoms with Gasteiger partial charge in [0, 0.05) is 25.3 Å². The Morgan fingerprint density at radius 2 is 2.20 bits per heavy atom. The number of carbonyl (C=O) groups excluding carboxylic acids is 1. The molecule has 0 spiro atoms. The summed E-state index contributed by atoms with van der Waals surface area (Å²) in [6.45, 7) is 3.91. The van der Waals surface area contributed by atoms with Crippen LogP contribution >= 0.6 is 11.6 Å². The van der Waals surface area contributed by atoms with Crippen LogP contribution in [0.4, 0.5) is 11.5 Å². The van der Waals surface area contributed by atoms with Crippen molar-refractivity contribution in [2.45, 2.75) is 6.54 Å². The van der Waals surface area contributed by atoms with E-state index in [9.17, 15) is 14.9 Å². The van der Waals surface area contributed by atoms with Crippen molar-refractivity contribution in [2.24, 2.45) is 0 Å². The maximum atomic E-state index is 12.2. The fourth-order valence-corrected chi connectivity index (χ4v) is 2.79. The van der Waals surface area contributed by atoms with E-state index < -0.39 is 16.6 Å². The van der Waals surface area contributed by atoms with Crippen LogP contribution in [-0.2, 0) is 11.3 Å². The van der Waals surface area contributed by atoms with E-state index in [-0.39, 0.29) is 10.7 Å². The van der Waals surface area contributed by atoms with Gasteiger partial charge < -0.3 is 20.2 Å². The molecule has 0 bridgehead atoms. The molecule has 1 aromatic carbocycles. The molecule has 1 aliphatic heterocycles. The van der Waals surface area contributed by atoms with Gasteiger partial charge in [-0.05, 0) is 22.6 Å². The van der Waals surface area contributed by atoms with E-state index in [0.29, 0.717) is 18.9 Å². The average molecular weight is 366 g/mol. The van der Waals surface area contributed by atoms with Crippen molar-refractivity contribution in [1.29, 1.82) is 0 Å². The monoisotopic (exact) mass is 365 g/mol. The van der Waals surface area contributed by atoms with E-state index in [2.05, 4.69) is 20.4 Å². The van der Waals surface area contributed by atoms with Gasteiger partial charge in [-0.3, -0.25) is 9.69 Å². The number of aromatic amines is 1. The minimum atomic E-state index is -0.727. The van der Waals surface area contributed by atoms with Gasteiger partial charge >= 0.3 is 5.82 Å². The SMILES string of the molecule is O=C(Nc1cccc(CN2CCOCC2)c1)c1n[nH]c([N+](=O)[O-])c1Cl. The van der Waals surface area contributed by atoms with Crippen molar-refractivity contribution < 1.29 is 14.5 Å². The minimum Gasteiger partial charge on any atom is -0.379 e. The summed E-state index contributed by atoms with van der Waals surface area (Å²) in [6.07, 6.45) is 0. The van der Waals surface area contributed by atoms with Gasteiger partial charge in [0.15, 0.2) is 10.7 Å². The molecule has 1 amide bonds. The number of rotatable bonds is 5. The molecule has 3 rings (SSSR count). The van der Waals surface area contributed by atoms with Crippen LogP contribution in [0.5, 0.6) is 0 Å². The normalized spacial score (nSPS) is 15.1. The van der Waals surface area contributed by atoms with Crippen molar-refractivity contribution in [2.75, 3.05) is 31.6 Å². The lowest BCUT2D eigenvalue weighted by atomic mass is 10.1. The highest BCUT2D eigenvalue weighted by atomic mass is 35.5. The van der Waals surface area contributed by atoms with E-state index in [4.69, 9.17) is 16.3 Å². The van der Waals surface area contributed by atoms with E-state index >= 15 is 0 Å². The van der Waals surface area contributed by atoms with Gasteiger partial charge in [0.1, 0.15) is 0 Å². The molecule has 132 valence electrons. The Balaban J connectivity index is 1.69. The van der Waals surface area contributed by atoms with Gasteiger partial charge in [-0.15, -0.1) is 5.10 Å². The van der Waals surface area contributed by atoms with Gasteiger partial charge in [0.05, 0.1) is 13.2 Å². The molecule has 1 saturated heterocycles. The summed E-state index contributed by atoms with van der Waals surface area (Å²) in [4.78, 5) is 24.5. The molecule has 2 N–H and O–H groups in total. The number of H-pyrrole nitrogens is 1. The van der Waals surface area contributed by atoms with Crippen molar-refractivity contribution in [3.8, 4) is 0 Å². The molecule has 25 heavy (non-hydrogen) atoms. The van der Waals surface area contributed by atoms with Crippen LogP contribution in [0, 0.1) is 10.1 Å². The average Bonchev–Trinajstić information content (AvgIpc) is 2.98. The summed E-state index contributed by atoms with van der Waals surface area (Å²) in [5.74, 6) is -1.12. The summed E-state index contributed by atoms with van der Waals surface area (Å²) < 4.78 is 5.32. The van der Waals surface area contributed by atoms with Gasteiger partial charge in [0.2, 0.25) is 0 Å². The van der Waals surface area contributed by atoms with Crippen molar-refractivity contribution in [3.63, 3.8) is 0 Å². The highest BCUT2D eigenvalue weighted by molar-refractivity contribution is 6.35. The van der Waals surface area contributed by atoms with E-state index in [1.54, 1.807) is 6.07 Å². The molecule has 0 saturated carbocycles. The third-order valence-corrected chi connectivity index (χ3v) is 4.14. The number of carbonyl (C=O) groups is 1. The lowest BCUT2D eigenvalue weighted by Crippen LogP contribution is -2.35. The standard InChI is InChI=1S/C15H16ClN5O4/c16-12-13(18-19-14(12)21(23)24)15(22)17-11-3-1-2-10(8-11)9-20-4-6-25-7-5-20/h1-3,8H,4-7,9H2,(H,17,22)(H,18,19). The van der Waals surface area contributed by atoms with E-state index in [1.165, 1.54) is 0 Å². The molecule has 1 aromatic heterocycles. The van der Waals surface area contributed by atoms with Crippen LogP contribution < -0.4 is 5.32 Å². The molecule has 0 unspecified atom stereocenters. The van der Waals surface area contributed by atoms with Gasteiger partial charge in [-0.25, -0.2) is 0 Å². The number of nitrogens with one attached hydrogen (secondary N) is 2. The smallest absolute Gasteiger partial charge is 0.362 e. The third kappa shape index (κ3) is 4.13. The summed E-state index contributed by atoms with van der Waals surface area (Å²) in [6, 6.07) is 7.38. The molecule has 0 aliphatic carbocycles. The van der Waals surface area contributed by atoms with Crippen LogP contribution in [0.15, 0.2) is 24.3 Å². The summed E-state index contributed by atoms with van der Waals surface area (Å²) in [7, 11) is 0. The molecule has 9 nitrogen and oxygen atoms in total. The zero-order chi connectivity index (χ0) is 17.8. The fourth-order valence-electron chi connectivity index (χ4n) is 2.55. The van der Waals surface area contributed by atoms with E-state index in [1.807, 2.05) is 18.2 Å². The molecule has 0 atom stereocenters. The maximum Gasteiger partial charge on any atom is 0.362 e. The summed E-state index contributed by atoms with van der Waals surface area (Å²) in [5, 5.41) is 18.9. The highest BCUT2D eigenvalue weighted by Gasteiger charge is 2.25. The quantitative estimate of drug-likeness (QED) is 0.619. The number of hydrogen-bond acceptors (Lipinski definition) is 6. The lowest BCUT2D eigenvalue weighted by molar-refractivity contribution is -0.389. The number of morpholine rings is 1. The van der Waals surface area contributed by atoms with Crippen LogP contribution in [0.25, 0.3) is 0 Å². The maximum absolute atomic E-state index is 12.2. The number of nitro groups is 1. The number of hydrogen-bond donors (Lipinski definition) is 2. The number of aromatic nitrogens is 2. The Labute approximate surface area is 148 Å². The van der Waals surface area contributed by atoms with Crippen LogP contribution in [0.3, 0.4) is 0 Å². The second kappa shape index (κ2) is 7.60. The highest BCUT2D eigenvalue weighted by Crippen LogP contribution is 2.25. The molecule has 0 radical (unpaired) electrons. The van der Waals surface area contributed by atoms with Crippen LogP contribution in [0.2, 0.25) is 5.02 Å². The number of amides is 1. The van der Waals surface area contributed by atoms with Crippen molar-refractivity contribution >= 4 is 29.0 Å². The lowest BCUT2D eigenvalue weighted by Gasteiger charge is -2.26. The van der Waals surface area contributed by atoms with Crippen molar-refractivity contribution in [1.82, 2.24) is 15.1 Å². The molecule has 2 heterocycles. The number of nitrogens with zero attached hydrogens (tertiary/aromatic N) is 3. The third-order valence-electron chi connectivity index (χ3n) is 3.78. The number of ether oxygens (including phenoxy) is 1. The predicted octanol–water partition coefficient (Wildman–Crippen LogP) is 2.06. The number of benzene rings is 1. The fraction of sp³-hybridized carbons (Fsp3) is 0.333. The first-order valence-electron chi connectivity index (χ1n) is 7.63. The first-order chi connectivity index (χ1) is 12.0. The minimum absolute atomic E-state index is 0.216. The second-order valence-corrected chi connectivity index (χ2v) is 5.91. The van der Waals surface area contributed by atoms with Crippen molar-refractivity contribution in [3.05, 3.63) is 50.7 Å². The summed E-state index contributed by atoms with van der Waals surface area (Å²) >= 11 is 5.83. The second-order valence-electron chi connectivity index (χ2n) is 5.53. The topological polar surface area (TPSA) is 113 Å². The zero-order valence-electron chi connectivity index (χ0n) is 13.2.